The summed E-state index contributed by atoms with van der Waals surface area (Å²) < 4.78 is 0.813. The number of benzene rings is 2. The van der Waals surface area contributed by atoms with Gasteiger partial charge in [-0.15, -0.1) is 0 Å². The zero-order chi connectivity index (χ0) is 18.3. The van der Waals surface area contributed by atoms with E-state index in [1.54, 1.807) is 30.5 Å². The molecule has 0 saturated carbocycles. The lowest BCUT2D eigenvalue weighted by molar-refractivity contribution is 1.30. The first-order valence-electron chi connectivity index (χ1n) is 6.74. The minimum Gasteiger partial charge on any atom is -0.254 e. The molecule has 0 unspecified atom stereocenters. The minimum atomic E-state index is 0.353. The number of halogens is 7. The Morgan fingerprint density at radius 1 is 0.680 bits per heavy atom. The van der Waals surface area contributed by atoms with Gasteiger partial charge in [0, 0.05) is 26.5 Å². The second kappa shape index (κ2) is 7.97. The first-order chi connectivity index (χ1) is 11.8. The smallest absolute Gasteiger partial charge is 0.0866 e. The van der Waals surface area contributed by atoms with Crippen molar-refractivity contribution in [3.63, 3.8) is 0 Å². The van der Waals surface area contributed by atoms with E-state index >= 15 is 0 Å². The van der Waals surface area contributed by atoms with Crippen LogP contribution in [0.15, 0.2) is 36.5 Å². The Bertz CT molecular complexity index is 989. The average Bonchev–Trinajstić information content (AvgIpc) is 2.57. The average molecular weight is 564 g/mol. The van der Waals surface area contributed by atoms with E-state index in [4.69, 9.17) is 69.6 Å². The zero-order valence-electron chi connectivity index (χ0n) is 12.1. The predicted molar refractivity (Wildman–Crippen MR) is 118 cm³/mol. The number of hydrogen-bond donors (Lipinski definition) is 0. The Balaban J connectivity index is 2.19. The van der Waals surface area contributed by atoms with Crippen LogP contribution in [-0.4, -0.2) is 4.98 Å². The molecule has 1 heterocycles. The molecule has 0 saturated heterocycles. The summed E-state index contributed by atoms with van der Waals surface area (Å²) in [5.74, 6) is 0. The van der Waals surface area contributed by atoms with Crippen LogP contribution in [0.25, 0.3) is 22.4 Å². The van der Waals surface area contributed by atoms with E-state index in [1.165, 1.54) is 0 Å². The van der Waals surface area contributed by atoms with Crippen molar-refractivity contribution in [1.82, 2.24) is 4.98 Å². The van der Waals surface area contributed by atoms with E-state index in [1.807, 2.05) is 6.07 Å². The van der Waals surface area contributed by atoms with E-state index in [0.29, 0.717) is 47.0 Å². The van der Waals surface area contributed by atoms with Gasteiger partial charge in [0.2, 0.25) is 0 Å². The maximum atomic E-state index is 6.31. The number of nitrogens with zero attached hydrogens (tertiary/aromatic N) is 1. The molecule has 3 rings (SSSR count). The first kappa shape index (κ1) is 19.8. The molecule has 0 N–H and O–H groups in total. The summed E-state index contributed by atoms with van der Waals surface area (Å²) in [5.41, 5.74) is 2.56. The van der Waals surface area contributed by atoms with E-state index in [-0.39, 0.29) is 0 Å². The van der Waals surface area contributed by atoms with Crippen LogP contribution in [0.5, 0.6) is 0 Å². The van der Waals surface area contributed by atoms with Crippen molar-refractivity contribution in [2.75, 3.05) is 0 Å². The molecule has 0 aliphatic carbocycles. The monoisotopic (exact) mass is 561 g/mol. The van der Waals surface area contributed by atoms with Crippen molar-refractivity contribution < 1.29 is 0 Å². The van der Waals surface area contributed by atoms with Crippen LogP contribution in [0.1, 0.15) is 0 Å². The molecule has 1 nitrogen and oxygen atoms in total. The van der Waals surface area contributed by atoms with Crippen molar-refractivity contribution in [1.29, 1.82) is 0 Å². The topological polar surface area (TPSA) is 12.9 Å². The molecule has 25 heavy (non-hydrogen) atoms. The lowest BCUT2D eigenvalue weighted by atomic mass is 10.1. The highest BCUT2D eigenvalue weighted by Gasteiger charge is 2.18. The van der Waals surface area contributed by atoms with Gasteiger partial charge in [0.05, 0.1) is 35.8 Å². The van der Waals surface area contributed by atoms with Crippen molar-refractivity contribution in [2.45, 2.75) is 0 Å². The summed E-state index contributed by atoms with van der Waals surface area (Å²) in [4.78, 5) is 4.50. The molecule has 0 amide bonds. The maximum absolute atomic E-state index is 6.31. The van der Waals surface area contributed by atoms with Gasteiger partial charge in [-0.05, 0) is 52.9 Å². The fourth-order valence-corrected chi connectivity index (χ4v) is 4.49. The molecule has 8 heteroatoms. The Morgan fingerprint density at radius 2 is 1.16 bits per heavy atom. The van der Waals surface area contributed by atoms with Gasteiger partial charge in [-0.25, -0.2) is 0 Å². The van der Waals surface area contributed by atoms with E-state index in [2.05, 4.69) is 27.6 Å². The molecular formula is C17H6Cl6IN. The summed E-state index contributed by atoms with van der Waals surface area (Å²) in [6.07, 6.45) is 1.65. The summed E-state index contributed by atoms with van der Waals surface area (Å²) in [7, 11) is 0. The van der Waals surface area contributed by atoms with Crippen LogP contribution >= 0.6 is 92.2 Å². The van der Waals surface area contributed by atoms with Crippen LogP contribution in [0.2, 0.25) is 30.1 Å². The molecule has 0 aliphatic heterocycles. The van der Waals surface area contributed by atoms with Gasteiger partial charge in [0.1, 0.15) is 0 Å². The third-order valence-electron chi connectivity index (χ3n) is 3.45. The number of aromatic nitrogens is 1. The zero-order valence-corrected chi connectivity index (χ0v) is 18.8. The Labute approximate surface area is 188 Å². The lowest BCUT2D eigenvalue weighted by Crippen LogP contribution is -1.93. The molecule has 128 valence electrons. The van der Waals surface area contributed by atoms with Gasteiger partial charge in [0.15, 0.2) is 0 Å². The Hall–Kier alpha value is 0.0600. The molecule has 0 radical (unpaired) electrons. The molecule has 2 aromatic carbocycles. The number of pyridine rings is 1. The molecular weight excluding hydrogens is 558 g/mol. The van der Waals surface area contributed by atoms with E-state index in [0.717, 1.165) is 9.13 Å². The predicted octanol–water partition coefficient (Wildman–Crippen LogP) is 8.94. The molecule has 0 atom stereocenters. The highest BCUT2D eigenvalue weighted by Crippen LogP contribution is 2.43. The molecule has 0 aliphatic rings. The van der Waals surface area contributed by atoms with Gasteiger partial charge in [-0.1, -0.05) is 69.6 Å². The molecule has 1 aromatic heterocycles. The minimum absolute atomic E-state index is 0.353. The van der Waals surface area contributed by atoms with Crippen molar-refractivity contribution in [2.24, 2.45) is 0 Å². The molecule has 3 aromatic rings. The van der Waals surface area contributed by atoms with Crippen LogP contribution in [0.3, 0.4) is 0 Å². The number of hydrogen-bond acceptors (Lipinski definition) is 1. The SMILES string of the molecule is Clc1ccc(Cl)c(-c2cnc(-c3c(Cl)ccc(Cl)c3Cl)c(I)c2)c1Cl. The van der Waals surface area contributed by atoms with Gasteiger partial charge in [-0.3, -0.25) is 4.98 Å². The van der Waals surface area contributed by atoms with Crippen molar-refractivity contribution in [3.05, 3.63) is 70.2 Å². The van der Waals surface area contributed by atoms with E-state index < -0.39 is 0 Å². The maximum Gasteiger partial charge on any atom is 0.0866 e. The van der Waals surface area contributed by atoms with Gasteiger partial charge in [-0.2, -0.15) is 0 Å². The van der Waals surface area contributed by atoms with Gasteiger partial charge >= 0.3 is 0 Å². The fraction of sp³-hybridized carbons (Fsp3) is 0. The summed E-state index contributed by atoms with van der Waals surface area (Å²) in [6.45, 7) is 0. The summed E-state index contributed by atoms with van der Waals surface area (Å²) in [6, 6.07) is 8.55. The highest BCUT2D eigenvalue weighted by molar-refractivity contribution is 14.1. The fourth-order valence-electron chi connectivity index (χ4n) is 2.29. The van der Waals surface area contributed by atoms with Crippen LogP contribution in [-0.2, 0) is 0 Å². The second-order valence-electron chi connectivity index (χ2n) is 4.99. The quantitative estimate of drug-likeness (QED) is 0.224. The van der Waals surface area contributed by atoms with Crippen LogP contribution in [0.4, 0.5) is 0 Å². The van der Waals surface area contributed by atoms with E-state index in [9.17, 15) is 0 Å². The molecule has 0 spiro atoms. The van der Waals surface area contributed by atoms with Crippen LogP contribution < -0.4 is 0 Å². The number of rotatable bonds is 2. The summed E-state index contributed by atoms with van der Waals surface area (Å²) in [5, 5.41) is 2.50. The third-order valence-corrected chi connectivity index (χ3v) is 6.52. The van der Waals surface area contributed by atoms with Crippen molar-refractivity contribution in [3.8, 4) is 22.4 Å². The molecule has 0 fully saturated rings. The van der Waals surface area contributed by atoms with Crippen molar-refractivity contribution >= 4 is 92.2 Å². The molecule has 0 bridgehead atoms. The first-order valence-corrected chi connectivity index (χ1v) is 10.1. The standard InChI is InChI=1S/C17H6Cl6IN/c18-8-1-3-10(20)15(22)13(8)7-5-12(24)17(25-6-7)14-9(19)2-4-11(21)16(14)23/h1-6H. The lowest BCUT2D eigenvalue weighted by Gasteiger charge is -2.13. The third kappa shape index (κ3) is 3.86. The van der Waals surface area contributed by atoms with Gasteiger partial charge in [0.25, 0.3) is 0 Å². The highest BCUT2D eigenvalue weighted by atomic mass is 127. The summed E-state index contributed by atoms with van der Waals surface area (Å²) >= 11 is 39.5. The Kier molecular flexibility index (Phi) is 6.32. The Morgan fingerprint density at radius 3 is 1.72 bits per heavy atom. The largest absolute Gasteiger partial charge is 0.254 e. The van der Waals surface area contributed by atoms with Gasteiger partial charge < -0.3 is 0 Å². The normalized spacial score (nSPS) is 11.0. The second-order valence-corrected chi connectivity index (χ2v) is 8.54. The van der Waals surface area contributed by atoms with Crippen LogP contribution in [0, 0.1) is 3.57 Å².